The smallest absolute Gasteiger partial charge is 0.0635 e. The second-order valence-electron chi connectivity index (χ2n) is 4.90. The van der Waals surface area contributed by atoms with Crippen LogP contribution in [0.2, 0.25) is 0 Å². The van der Waals surface area contributed by atoms with Crippen molar-refractivity contribution in [2.45, 2.75) is 25.3 Å². The summed E-state index contributed by atoms with van der Waals surface area (Å²) in [4.78, 5) is 9.30. The van der Waals surface area contributed by atoms with E-state index in [1.807, 2.05) is 12.2 Å². The van der Waals surface area contributed by atoms with Gasteiger partial charge in [0.25, 0.3) is 0 Å². The highest BCUT2D eigenvalue weighted by atomic mass is 15.3. The molecule has 2 rings (SSSR count). The second-order valence-corrected chi connectivity index (χ2v) is 4.90. The summed E-state index contributed by atoms with van der Waals surface area (Å²) >= 11 is 0. The minimum Gasteiger partial charge on any atom is -0.301 e. The van der Waals surface area contributed by atoms with Gasteiger partial charge in [-0.15, -0.1) is 0 Å². The molecule has 2 fully saturated rings. The summed E-state index contributed by atoms with van der Waals surface area (Å²) in [6, 6.07) is 0. The molecule has 1 saturated heterocycles. The van der Waals surface area contributed by atoms with Crippen LogP contribution in [0.1, 0.15) is 19.8 Å². The Morgan fingerprint density at radius 1 is 1.29 bits per heavy atom. The van der Waals surface area contributed by atoms with Gasteiger partial charge in [0.2, 0.25) is 0 Å². The van der Waals surface area contributed by atoms with E-state index in [-0.39, 0.29) is 5.54 Å². The fourth-order valence-electron chi connectivity index (χ4n) is 2.81. The molecule has 0 amide bonds. The van der Waals surface area contributed by atoms with Crippen LogP contribution < -0.4 is 0 Å². The molecule has 3 heteroatoms. The molecule has 0 atom stereocenters. The minimum atomic E-state index is 0.190. The summed E-state index contributed by atoms with van der Waals surface area (Å²) in [6.07, 6.45) is 6.29. The van der Waals surface area contributed by atoms with Crippen LogP contribution in [0, 0.1) is 0 Å². The van der Waals surface area contributed by atoms with Gasteiger partial charge in [0, 0.05) is 26.2 Å². The number of nitrogens with zero attached hydrogens (tertiary/aromatic N) is 3. The number of allylic oxidation sites excluding steroid dienone is 2. The van der Waals surface area contributed by atoms with E-state index in [2.05, 4.69) is 35.0 Å². The quantitative estimate of drug-likeness (QED) is 0.534. The van der Waals surface area contributed by atoms with E-state index < -0.39 is 0 Å². The van der Waals surface area contributed by atoms with Crippen molar-refractivity contribution in [3.05, 3.63) is 24.4 Å². The van der Waals surface area contributed by atoms with Crippen molar-refractivity contribution in [2.75, 3.05) is 32.7 Å². The van der Waals surface area contributed by atoms with Crippen LogP contribution in [0.5, 0.6) is 0 Å². The van der Waals surface area contributed by atoms with Gasteiger partial charge in [-0.05, 0) is 32.2 Å². The Kier molecular flexibility index (Phi) is 3.79. The molecule has 0 bridgehead atoms. The van der Waals surface area contributed by atoms with Crippen molar-refractivity contribution in [2.24, 2.45) is 4.99 Å². The van der Waals surface area contributed by atoms with Crippen LogP contribution in [-0.4, -0.2) is 54.8 Å². The van der Waals surface area contributed by atoms with E-state index in [1.165, 1.54) is 25.9 Å². The van der Waals surface area contributed by atoms with E-state index in [9.17, 15) is 0 Å². The van der Waals surface area contributed by atoms with Gasteiger partial charge in [-0.1, -0.05) is 19.6 Å². The molecule has 0 aromatic rings. The van der Waals surface area contributed by atoms with Gasteiger partial charge in [-0.2, -0.15) is 0 Å². The highest BCUT2D eigenvalue weighted by Crippen LogP contribution is 2.48. The van der Waals surface area contributed by atoms with Crippen LogP contribution in [0.3, 0.4) is 0 Å². The molecular weight excluding hydrogens is 210 g/mol. The topological polar surface area (TPSA) is 18.8 Å². The Morgan fingerprint density at radius 3 is 2.35 bits per heavy atom. The van der Waals surface area contributed by atoms with Gasteiger partial charge < -0.3 is 4.90 Å². The maximum absolute atomic E-state index is 4.21. The van der Waals surface area contributed by atoms with Gasteiger partial charge in [0.1, 0.15) is 0 Å². The molecule has 0 N–H and O–H groups in total. The van der Waals surface area contributed by atoms with Crippen LogP contribution in [0.25, 0.3) is 0 Å². The third kappa shape index (κ3) is 2.35. The number of aliphatic imine (C=N–C) groups is 1. The van der Waals surface area contributed by atoms with Gasteiger partial charge in [-0.3, -0.25) is 9.89 Å². The number of piperazine rings is 1. The molecular formula is C14H23N3. The zero-order valence-electron chi connectivity index (χ0n) is 10.9. The zero-order valence-corrected chi connectivity index (χ0v) is 10.9. The molecule has 2 aliphatic rings. The number of rotatable bonds is 5. The lowest BCUT2D eigenvalue weighted by Gasteiger charge is -2.39. The number of likely N-dealkylation sites (N-methyl/N-ethyl adjacent to an activating group) is 1. The Morgan fingerprint density at radius 2 is 1.94 bits per heavy atom. The van der Waals surface area contributed by atoms with E-state index in [0.29, 0.717) is 0 Å². The fraction of sp³-hybridized carbons (Fsp3) is 0.643. The van der Waals surface area contributed by atoms with Crippen molar-refractivity contribution >= 4 is 6.72 Å². The molecule has 1 heterocycles. The van der Waals surface area contributed by atoms with Gasteiger partial charge in [-0.25, -0.2) is 0 Å². The monoisotopic (exact) mass is 233 g/mol. The molecule has 1 aliphatic heterocycles. The lowest BCUT2D eigenvalue weighted by molar-refractivity contribution is 0.102. The Balaban J connectivity index is 2.05. The predicted octanol–water partition coefficient (Wildman–Crippen LogP) is 1.93. The number of hydrogen-bond acceptors (Lipinski definition) is 3. The van der Waals surface area contributed by atoms with Crippen molar-refractivity contribution in [3.8, 4) is 0 Å². The molecule has 1 aliphatic carbocycles. The first-order valence-electron chi connectivity index (χ1n) is 6.54. The minimum absolute atomic E-state index is 0.190. The average molecular weight is 233 g/mol. The van der Waals surface area contributed by atoms with Crippen molar-refractivity contribution in [1.82, 2.24) is 9.80 Å². The van der Waals surface area contributed by atoms with Crippen LogP contribution in [0.15, 0.2) is 29.4 Å². The SMILES string of the molecule is C=C/C=C(\N=C)C1(N2CCN(CC)CC2)CC1. The summed E-state index contributed by atoms with van der Waals surface area (Å²) in [6.45, 7) is 15.5. The summed E-state index contributed by atoms with van der Waals surface area (Å²) < 4.78 is 0. The summed E-state index contributed by atoms with van der Waals surface area (Å²) in [5.41, 5.74) is 1.30. The third-order valence-electron chi connectivity index (χ3n) is 4.07. The van der Waals surface area contributed by atoms with Crippen LogP contribution in [-0.2, 0) is 0 Å². The molecule has 0 spiro atoms. The Bertz CT molecular complexity index is 320. The van der Waals surface area contributed by atoms with Gasteiger partial charge >= 0.3 is 0 Å². The Labute approximate surface area is 105 Å². The van der Waals surface area contributed by atoms with Crippen LogP contribution in [0.4, 0.5) is 0 Å². The number of hydrogen-bond donors (Lipinski definition) is 0. The van der Waals surface area contributed by atoms with E-state index >= 15 is 0 Å². The lowest BCUT2D eigenvalue weighted by atomic mass is 10.1. The van der Waals surface area contributed by atoms with Crippen molar-refractivity contribution < 1.29 is 0 Å². The molecule has 94 valence electrons. The van der Waals surface area contributed by atoms with Crippen LogP contribution >= 0.6 is 0 Å². The molecule has 0 aromatic heterocycles. The summed E-state index contributed by atoms with van der Waals surface area (Å²) in [7, 11) is 0. The molecule has 1 saturated carbocycles. The fourth-order valence-corrected chi connectivity index (χ4v) is 2.81. The largest absolute Gasteiger partial charge is 0.301 e. The maximum atomic E-state index is 4.21. The standard InChI is InChI=1S/C14H23N3/c1-4-6-13(15-3)14(7-8-14)17-11-9-16(5-2)10-12-17/h4,6H,1,3,5,7-12H2,2H3/b13-6-. The molecule has 0 radical (unpaired) electrons. The molecule has 3 nitrogen and oxygen atoms in total. The normalized spacial score (nSPS) is 25.6. The van der Waals surface area contributed by atoms with E-state index in [0.717, 1.165) is 25.3 Å². The Hall–Kier alpha value is -0.930. The van der Waals surface area contributed by atoms with Crippen molar-refractivity contribution in [1.29, 1.82) is 0 Å². The van der Waals surface area contributed by atoms with Gasteiger partial charge in [0.15, 0.2) is 0 Å². The molecule has 0 aromatic carbocycles. The predicted molar refractivity (Wildman–Crippen MR) is 73.5 cm³/mol. The maximum Gasteiger partial charge on any atom is 0.0635 e. The van der Waals surface area contributed by atoms with E-state index in [1.54, 1.807) is 0 Å². The third-order valence-corrected chi connectivity index (χ3v) is 4.07. The molecule has 0 unspecified atom stereocenters. The average Bonchev–Trinajstić information content (AvgIpc) is 3.17. The molecule has 17 heavy (non-hydrogen) atoms. The lowest BCUT2D eigenvalue weighted by Crippen LogP contribution is -2.51. The first-order valence-corrected chi connectivity index (χ1v) is 6.54. The summed E-state index contributed by atoms with van der Waals surface area (Å²) in [5.74, 6) is 0. The van der Waals surface area contributed by atoms with Gasteiger partial charge in [0.05, 0.1) is 11.2 Å². The zero-order chi connectivity index (χ0) is 12.3. The second kappa shape index (κ2) is 5.15. The highest BCUT2D eigenvalue weighted by Gasteiger charge is 2.51. The first-order chi connectivity index (χ1) is 8.26. The summed E-state index contributed by atoms with van der Waals surface area (Å²) in [5, 5.41) is 0. The van der Waals surface area contributed by atoms with E-state index in [4.69, 9.17) is 0 Å². The highest BCUT2D eigenvalue weighted by molar-refractivity contribution is 5.38. The first kappa shape index (κ1) is 12.5. The van der Waals surface area contributed by atoms with Crippen molar-refractivity contribution in [3.63, 3.8) is 0 Å².